The Balaban J connectivity index is 1.44. The fourth-order valence-electron chi connectivity index (χ4n) is 2.55. The van der Waals surface area contributed by atoms with Gasteiger partial charge < -0.3 is 10.6 Å². The van der Waals surface area contributed by atoms with Gasteiger partial charge in [-0.05, 0) is 18.2 Å². The number of non-ortho nitro benzene ring substituents is 1. The number of nitrogens with one attached hydrogen (secondary N) is 2. The molecular formula is C19H17ClN4O3S. The zero-order valence-corrected chi connectivity index (χ0v) is 16.3. The Hall–Kier alpha value is -2.84. The van der Waals surface area contributed by atoms with Crippen LogP contribution >= 0.6 is 23.4 Å². The molecule has 2 N–H and O–H groups in total. The van der Waals surface area contributed by atoms with E-state index in [1.165, 1.54) is 23.9 Å². The molecule has 3 aromatic rings. The number of fused-ring (bicyclic) bond motifs is 1. The average Bonchev–Trinajstić information content (AvgIpc) is 2.70. The van der Waals surface area contributed by atoms with Crippen LogP contribution in [0.2, 0.25) is 5.02 Å². The molecule has 28 heavy (non-hydrogen) atoms. The number of amides is 1. The zero-order valence-electron chi connectivity index (χ0n) is 14.7. The number of nitro groups is 1. The summed E-state index contributed by atoms with van der Waals surface area (Å²) in [5, 5.41) is 17.9. The fourth-order valence-corrected chi connectivity index (χ4v) is 3.66. The molecule has 1 heterocycles. The third kappa shape index (κ3) is 5.11. The maximum absolute atomic E-state index is 12.1. The Morgan fingerprint density at radius 1 is 1.18 bits per heavy atom. The number of anilines is 1. The van der Waals surface area contributed by atoms with Gasteiger partial charge >= 0.3 is 0 Å². The molecular weight excluding hydrogens is 400 g/mol. The van der Waals surface area contributed by atoms with Crippen molar-refractivity contribution in [1.29, 1.82) is 0 Å². The van der Waals surface area contributed by atoms with Crippen LogP contribution in [-0.4, -0.2) is 34.7 Å². The second-order valence-electron chi connectivity index (χ2n) is 5.82. The molecule has 1 amide bonds. The van der Waals surface area contributed by atoms with E-state index in [-0.39, 0.29) is 22.4 Å². The van der Waals surface area contributed by atoms with Crippen molar-refractivity contribution in [1.82, 2.24) is 10.3 Å². The van der Waals surface area contributed by atoms with E-state index in [1.54, 1.807) is 12.3 Å². The zero-order chi connectivity index (χ0) is 19.9. The summed E-state index contributed by atoms with van der Waals surface area (Å²) in [7, 11) is 0. The highest BCUT2D eigenvalue weighted by atomic mass is 35.5. The van der Waals surface area contributed by atoms with Crippen LogP contribution in [0.1, 0.15) is 0 Å². The molecule has 0 saturated heterocycles. The van der Waals surface area contributed by atoms with Crippen molar-refractivity contribution in [3.63, 3.8) is 0 Å². The van der Waals surface area contributed by atoms with Crippen LogP contribution in [-0.2, 0) is 4.79 Å². The molecule has 0 unspecified atom stereocenters. The monoisotopic (exact) mass is 416 g/mol. The Labute approximate surface area is 170 Å². The van der Waals surface area contributed by atoms with Crippen molar-refractivity contribution in [2.24, 2.45) is 0 Å². The Bertz CT molecular complexity index is 1010. The Morgan fingerprint density at radius 2 is 2.00 bits per heavy atom. The van der Waals surface area contributed by atoms with Crippen molar-refractivity contribution >= 4 is 51.5 Å². The molecule has 3 rings (SSSR count). The third-order valence-corrected chi connectivity index (χ3v) is 5.24. The molecule has 0 aliphatic heterocycles. The summed E-state index contributed by atoms with van der Waals surface area (Å²) in [6, 6.07) is 14.0. The lowest BCUT2D eigenvalue weighted by molar-refractivity contribution is -0.384. The maximum atomic E-state index is 12.1. The number of para-hydroxylation sites is 1. The normalized spacial score (nSPS) is 10.6. The van der Waals surface area contributed by atoms with Gasteiger partial charge in [-0.3, -0.25) is 19.9 Å². The lowest BCUT2D eigenvalue weighted by Gasteiger charge is -2.10. The molecule has 2 aromatic carbocycles. The average molecular weight is 417 g/mol. The van der Waals surface area contributed by atoms with Gasteiger partial charge in [0.05, 0.1) is 26.9 Å². The number of hydrogen-bond acceptors (Lipinski definition) is 6. The number of nitro benzene ring substituents is 1. The highest BCUT2D eigenvalue weighted by molar-refractivity contribution is 8.00. The largest absolute Gasteiger partial charge is 0.382 e. The highest BCUT2D eigenvalue weighted by Gasteiger charge is 2.09. The topological polar surface area (TPSA) is 97.2 Å². The number of aromatic nitrogens is 1. The van der Waals surface area contributed by atoms with Crippen LogP contribution in [0, 0.1) is 10.1 Å². The maximum Gasteiger partial charge on any atom is 0.271 e. The number of benzene rings is 2. The molecule has 144 valence electrons. The summed E-state index contributed by atoms with van der Waals surface area (Å²) < 4.78 is 0. The van der Waals surface area contributed by atoms with E-state index in [9.17, 15) is 14.9 Å². The van der Waals surface area contributed by atoms with Crippen LogP contribution in [0.25, 0.3) is 10.9 Å². The minimum absolute atomic E-state index is 0.0659. The predicted octanol–water partition coefficient (Wildman–Crippen LogP) is 4.12. The molecule has 0 spiro atoms. The Kier molecular flexibility index (Phi) is 6.67. The van der Waals surface area contributed by atoms with Crippen molar-refractivity contribution in [2.75, 3.05) is 24.2 Å². The van der Waals surface area contributed by atoms with E-state index < -0.39 is 4.92 Å². The van der Waals surface area contributed by atoms with Crippen LogP contribution in [0.5, 0.6) is 0 Å². The fraction of sp³-hybridized carbons (Fsp3) is 0.158. The van der Waals surface area contributed by atoms with Crippen LogP contribution in [0.15, 0.2) is 59.6 Å². The molecule has 0 fully saturated rings. The molecule has 7 nitrogen and oxygen atoms in total. The Morgan fingerprint density at radius 3 is 2.79 bits per heavy atom. The van der Waals surface area contributed by atoms with Gasteiger partial charge in [-0.25, -0.2) is 0 Å². The molecule has 0 atom stereocenters. The van der Waals surface area contributed by atoms with Crippen LogP contribution in [0.4, 0.5) is 11.4 Å². The first kappa shape index (κ1) is 19.9. The number of carbonyl (C=O) groups excluding carboxylic acids is 1. The SMILES string of the molecule is O=C(CSc1cccc2cccnc12)NCCNc1ccc([N+](=O)[O-])cc1Cl. The third-order valence-electron chi connectivity index (χ3n) is 3.88. The van der Waals surface area contributed by atoms with E-state index in [0.29, 0.717) is 18.8 Å². The van der Waals surface area contributed by atoms with Crippen molar-refractivity contribution in [3.8, 4) is 0 Å². The van der Waals surface area contributed by atoms with Crippen LogP contribution < -0.4 is 10.6 Å². The minimum Gasteiger partial charge on any atom is -0.382 e. The summed E-state index contributed by atoms with van der Waals surface area (Å²) in [6.07, 6.45) is 1.74. The predicted molar refractivity (Wildman–Crippen MR) is 112 cm³/mol. The van der Waals surface area contributed by atoms with Crippen molar-refractivity contribution < 1.29 is 9.72 Å². The van der Waals surface area contributed by atoms with E-state index in [0.717, 1.165) is 15.8 Å². The molecule has 0 radical (unpaired) electrons. The van der Waals surface area contributed by atoms with E-state index in [1.807, 2.05) is 30.3 Å². The van der Waals surface area contributed by atoms with Gasteiger partial charge in [-0.15, -0.1) is 11.8 Å². The lowest BCUT2D eigenvalue weighted by atomic mass is 10.2. The van der Waals surface area contributed by atoms with Crippen molar-refractivity contribution in [2.45, 2.75) is 4.90 Å². The number of thioether (sulfide) groups is 1. The summed E-state index contributed by atoms with van der Waals surface area (Å²) in [6.45, 7) is 0.851. The number of rotatable bonds is 8. The summed E-state index contributed by atoms with van der Waals surface area (Å²) >= 11 is 7.46. The van der Waals surface area contributed by atoms with Gasteiger partial charge in [-0.1, -0.05) is 29.8 Å². The van der Waals surface area contributed by atoms with Gasteiger partial charge in [0.1, 0.15) is 0 Å². The van der Waals surface area contributed by atoms with E-state index >= 15 is 0 Å². The van der Waals surface area contributed by atoms with E-state index in [2.05, 4.69) is 15.6 Å². The molecule has 0 aliphatic rings. The van der Waals surface area contributed by atoms with Gasteiger partial charge in [0.15, 0.2) is 0 Å². The molecule has 0 saturated carbocycles. The van der Waals surface area contributed by atoms with Gasteiger partial charge in [0.2, 0.25) is 5.91 Å². The number of pyridine rings is 1. The van der Waals surface area contributed by atoms with Gasteiger partial charge in [0.25, 0.3) is 5.69 Å². The van der Waals surface area contributed by atoms with Gasteiger partial charge in [0, 0.05) is 41.7 Å². The molecule has 1 aromatic heterocycles. The molecule has 0 aliphatic carbocycles. The summed E-state index contributed by atoms with van der Waals surface area (Å²) in [5.41, 5.74) is 1.40. The second kappa shape index (κ2) is 9.38. The van der Waals surface area contributed by atoms with Crippen LogP contribution in [0.3, 0.4) is 0 Å². The van der Waals surface area contributed by atoms with Crippen molar-refractivity contribution in [3.05, 3.63) is 69.9 Å². The number of hydrogen-bond donors (Lipinski definition) is 2. The quantitative estimate of drug-likeness (QED) is 0.248. The number of halogens is 1. The van der Waals surface area contributed by atoms with E-state index in [4.69, 9.17) is 11.6 Å². The molecule has 0 bridgehead atoms. The van der Waals surface area contributed by atoms with Gasteiger partial charge in [-0.2, -0.15) is 0 Å². The summed E-state index contributed by atoms with van der Waals surface area (Å²) in [5.74, 6) is 0.197. The first-order valence-corrected chi connectivity index (χ1v) is 9.82. The number of nitrogens with zero attached hydrogens (tertiary/aromatic N) is 2. The first-order chi connectivity index (χ1) is 13.5. The first-order valence-electron chi connectivity index (χ1n) is 8.45. The summed E-state index contributed by atoms with van der Waals surface area (Å²) in [4.78, 5) is 27.6. The second-order valence-corrected chi connectivity index (χ2v) is 7.24. The molecule has 9 heteroatoms. The number of carbonyl (C=O) groups is 1. The lowest BCUT2D eigenvalue weighted by Crippen LogP contribution is -2.30. The minimum atomic E-state index is -0.501. The highest BCUT2D eigenvalue weighted by Crippen LogP contribution is 2.27. The smallest absolute Gasteiger partial charge is 0.271 e. The standard InChI is InChI=1S/C19H17ClN4O3S/c20-15-11-14(24(26)27)6-7-16(15)21-9-10-22-18(25)12-28-17-5-1-3-13-4-2-8-23-19(13)17/h1-8,11,21H,9-10,12H2,(H,22,25).